The molecule has 0 aliphatic rings. The van der Waals surface area contributed by atoms with Crippen molar-refractivity contribution in [1.29, 1.82) is 0 Å². The molecule has 0 fully saturated rings. The molecule has 6 nitrogen and oxygen atoms in total. The van der Waals surface area contributed by atoms with Crippen molar-refractivity contribution in [3.05, 3.63) is 85.1 Å². The summed E-state index contributed by atoms with van der Waals surface area (Å²) in [4.78, 5) is 38.3. The van der Waals surface area contributed by atoms with Crippen LogP contribution in [-0.2, 0) is 28.6 Å². The summed E-state index contributed by atoms with van der Waals surface area (Å²) < 4.78 is 16.9. The summed E-state index contributed by atoms with van der Waals surface area (Å²) in [6.45, 7) is 6.52. The Bertz CT molecular complexity index is 1500. The first kappa shape index (κ1) is 75.6. The normalized spacial score (nSPS) is 12.6. The Morgan fingerprint density at radius 1 is 0.266 bits per heavy atom. The van der Waals surface area contributed by atoms with E-state index in [-0.39, 0.29) is 37.5 Å². The van der Waals surface area contributed by atoms with Crippen molar-refractivity contribution in [3.8, 4) is 0 Å². The number of carbonyl (C=O) groups excluding carboxylic acids is 3. The number of hydrogen-bond donors (Lipinski definition) is 0. The maximum atomic E-state index is 12.9. The van der Waals surface area contributed by atoms with Crippen LogP contribution < -0.4 is 0 Å². The molecule has 456 valence electrons. The Balaban J connectivity index is 4.22. The zero-order valence-corrected chi connectivity index (χ0v) is 52.4. The van der Waals surface area contributed by atoms with Gasteiger partial charge in [-0.15, -0.1) is 0 Å². The van der Waals surface area contributed by atoms with E-state index in [1.54, 1.807) is 0 Å². The molecule has 0 aromatic heterocycles. The maximum Gasteiger partial charge on any atom is 0.306 e. The van der Waals surface area contributed by atoms with Gasteiger partial charge in [0.1, 0.15) is 13.2 Å². The van der Waals surface area contributed by atoms with E-state index in [0.717, 1.165) is 89.9 Å². The van der Waals surface area contributed by atoms with Crippen molar-refractivity contribution in [2.24, 2.45) is 0 Å². The van der Waals surface area contributed by atoms with Crippen LogP contribution in [0.25, 0.3) is 0 Å². The van der Waals surface area contributed by atoms with Gasteiger partial charge < -0.3 is 14.2 Å². The van der Waals surface area contributed by atoms with Crippen LogP contribution in [0.15, 0.2) is 85.1 Å². The third-order valence-corrected chi connectivity index (χ3v) is 14.9. The van der Waals surface area contributed by atoms with Crippen LogP contribution in [0.1, 0.15) is 342 Å². The Kier molecular flexibility index (Phi) is 64.2. The van der Waals surface area contributed by atoms with Gasteiger partial charge in [0.2, 0.25) is 0 Å². The number of esters is 3. The minimum atomic E-state index is -0.797. The van der Waals surface area contributed by atoms with Gasteiger partial charge in [0.05, 0.1) is 0 Å². The van der Waals surface area contributed by atoms with Gasteiger partial charge in [-0.2, -0.15) is 0 Å². The Labute approximate surface area is 490 Å². The molecule has 0 heterocycles. The van der Waals surface area contributed by atoms with Gasteiger partial charge in [0, 0.05) is 19.3 Å². The molecule has 79 heavy (non-hydrogen) atoms. The van der Waals surface area contributed by atoms with Gasteiger partial charge in [0.25, 0.3) is 0 Å². The second kappa shape index (κ2) is 67.1. The van der Waals surface area contributed by atoms with Crippen molar-refractivity contribution in [1.82, 2.24) is 0 Å². The van der Waals surface area contributed by atoms with E-state index in [1.807, 2.05) is 0 Å². The molecule has 0 saturated carbocycles. The molecule has 0 bridgehead atoms. The molecule has 0 rings (SSSR count). The van der Waals surface area contributed by atoms with Crippen molar-refractivity contribution in [2.75, 3.05) is 13.2 Å². The first-order chi connectivity index (χ1) is 39.0. The lowest BCUT2D eigenvalue weighted by atomic mass is 10.0. The first-order valence-corrected chi connectivity index (χ1v) is 34.1. The molecule has 0 aliphatic carbocycles. The first-order valence-electron chi connectivity index (χ1n) is 34.1. The standard InChI is InChI=1S/C73H128O6/c1-4-7-10-13-16-19-22-25-28-29-30-31-32-33-34-35-36-37-38-39-40-41-42-43-46-48-51-54-57-60-63-66-72(75)78-69-70(79-73(76)67-64-61-58-55-52-49-45-27-24-21-18-15-12-9-6-3)68-77-71(74)65-62-59-56-53-50-47-44-26-23-20-17-14-11-8-5-2/h9,12,18,21-22,25,27,29-30,32-33,45,52,55,70H,4-8,10-11,13-17,19-20,23-24,26,28,31,34-44,46-51,53-54,56-69H2,1-3H3/b12-9-,21-18-,25-22-,30-29-,33-32-,45-27-,55-52-. The molecule has 0 saturated heterocycles. The van der Waals surface area contributed by atoms with Crippen LogP contribution >= 0.6 is 0 Å². The smallest absolute Gasteiger partial charge is 0.306 e. The van der Waals surface area contributed by atoms with E-state index >= 15 is 0 Å². The van der Waals surface area contributed by atoms with Crippen molar-refractivity contribution >= 4 is 17.9 Å². The fourth-order valence-corrected chi connectivity index (χ4v) is 9.80. The summed E-state index contributed by atoms with van der Waals surface area (Å²) in [5.41, 5.74) is 0. The lowest BCUT2D eigenvalue weighted by Gasteiger charge is -2.18. The lowest BCUT2D eigenvalue weighted by molar-refractivity contribution is -0.167. The van der Waals surface area contributed by atoms with Crippen LogP contribution in [0.3, 0.4) is 0 Å². The summed E-state index contributed by atoms with van der Waals surface area (Å²) >= 11 is 0. The summed E-state index contributed by atoms with van der Waals surface area (Å²) in [5.74, 6) is -0.915. The monoisotopic (exact) mass is 1100 g/mol. The molecule has 0 spiro atoms. The number of hydrogen-bond acceptors (Lipinski definition) is 6. The van der Waals surface area contributed by atoms with E-state index in [2.05, 4.69) is 106 Å². The van der Waals surface area contributed by atoms with Gasteiger partial charge in [-0.05, 0) is 96.3 Å². The number of allylic oxidation sites excluding steroid dienone is 14. The molecule has 6 heteroatoms. The van der Waals surface area contributed by atoms with E-state index in [0.29, 0.717) is 19.3 Å². The van der Waals surface area contributed by atoms with Crippen molar-refractivity contribution < 1.29 is 28.6 Å². The van der Waals surface area contributed by atoms with Gasteiger partial charge in [0.15, 0.2) is 6.10 Å². The van der Waals surface area contributed by atoms with Crippen LogP contribution in [0.5, 0.6) is 0 Å². The summed E-state index contributed by atoms with van der Waals surface area (Å²) in [5, 5.41) is 0. The van der Waals surface area contributed by atoms with Crippen molar-refractivity contribution in [3.63, 3.8) is 0 Å². The number of unbranched alkanes of at least 4 members (excludes halogenated alkanes) is 37. The van der Waals surface area contributed by atoms with Crippen molar-refractivity contribution in [2.45, 2.75) is 348 Å². The van der Waals surface area contributed by atoms with E-state index < -0.39 is 6.10 Å². The third-order valence-electron chi connectivity index (χ3n) is 14.9. The fourth-order valence-electron chi connectivity index (χ4n) is 9.80. The lowest BCUT2D eigenvalue weighted by Crippen LogP contribution is -2.30. The highest BCUT2D eigenvalue weighted by Crippen LogP contribution is 2.17. The zero-order chi connectivity index (χ0) is 57.1. The van der Waals surface area contributed by atoms with E-state index in [9.17, 15) is 14.4 Å². The molecule has 0 radical (unpaired) electrons. The highest BCUT2D eigenvalue weighted by molar-refractivity contribution is 5.71. The van der Waals surface area contributed by atoms with Gasteiger partial charge in [-0.3, -0.25) is 14.4 Å². The van der Waals surface area contributed by atoms with Gasteiger partial charge >= 0.3 is 17.9 Å². The average Bonchev–Trinajstić information content (AvgIpc) is 3.45. The number of rotatable bonds is 62. The minimum Gasteiger partial charge on any atom is -0.462 e. The second-order valence-corrected chi connectivity index (χ2v) is 22.7. The number of ether oxygens (including phenoxy) is 3. The van der Waals surface area contributed by atoms with Crippen LogP contribution in [0, 0.1) is 0 Å². The predicted molar refractivity (Wildman–Crippen MR) is 344 cm³/mol. The average molecular weight is 1100 g/mol. The molecule has 0 aromatic rings. The summed E-state index contributed by atoms with van der Waals surface area (Å²) in [6.07, 6.45) is 89.0. The SMILES string of the molecule is CC/C=C\C/C=C\C/C=C\C/C=C\CCCCC(=O)OC(COC(=O)CCCCCCCCCCCCCCCCC)COC(=O)CCCCCCCCCCCCCCCCCC/C=C\C/C=C\C/C=C\CCCCCCC. The highest BCUT2D eigenvalue weighted by atomic mass is 16.6. The Morgan fingerprint density at radius 2 is 0.494 bits per heavy atom. The van der Waals surface area contributed by atoms with Crippen LogP contribution in [0.4, 0.5) is 0 Å². The van der Waals surface area contributed by atoms with Gasteiger partial charge in [-0.1, -0.05) is 311 Å². The fraction of sp³-hybridized carbons (Fsp3) is 0.767. The molecule has 0 amide bonds. The molecule has 0 N–H and O–H groups in total. The highest BCUT2D eigenvalue weighted by Gasteiger charge is 2.19. The topological polar surface area (TPSA) is 78.9 Å². The predicted octanol–water partition coefficient (Wildman–Crippen LogP) is 23.4. The van der Waals surface area contributed by atoms with E-state index in [4.69, 9.17) is 14.2 Å². The Morgan fingerprint density at radius 3 is 0.797 bits per heavy atom. The largest absolute Gasteiger partial charge is 0.462 e. The third kappa shape index (κ3) is 65.3. The molecular weight excluding hydrogens is 973 g/mol. The second-order valence-electron chi connectivity index (χ2n) is 22.7. The van der Waals surface area contributed by atoms with Gasteiger partial charge in [-0.25, -0.2) is 0 Å². The summed E-state index contributed by atoms with van der Waals surface area (Å²) in [6, 6.07) is 0. The zero-order valence-electron chi connectivity index (χ0n) is 52.4. The van der Waals surface area contributed by atoms with Crippen LogP contribution in [-0.4, -0.2) is 37.2 Å². The number of carbonyl (C=O) groups is 3. The molecule has 1 unspecified atom stereocenters. The molecule has 0 aliphatic heterocycles. The molecular formula is C73H128O6. The van der Waals surface area contributed by atoms with Crippen LogP contribution in [0.2, 0.25) is 0 Å². The molecule has 0 aromatic carbocycles. The quantitative estimate of drug-likeness (QED) is 0.0261. The molecule has 1 atom stereocenters. The van der Waals surface area contributed by atoms with E-state index in [1.165, 1.54) is 205 Å². The minimum absolute atomic E-state index is 0.0892. The summed E-state index contributed by atoms with van der Waals surface area (Å²) in [7, 11) is 0. The Hall–Kier alpha value is -3.41. The maximum absolute atomic E-state index is 12.9.